The van der Waals surface area contributed by atoms with Gasteiger partial charge in [0.15, 0.2) is 0 Å². The van der Waals surface area contributed by atoms with Crippen molar-refractivity contribution < 1.29 is 0 Å². The lowest BCUT2D eigenvalue weighted by Gasteiger charge is -2.38. The third-order valence-electron chi connectivity index (χ3n) is 14.5. The van der Waals surface area contributed by atoms with Crippen molar-refractivity contribution >= 4 is 61.3 Å². The Morgan fingerprint density at radius 1 is 0.686 bits per heavy atom. The van der Waals surface area contributed by atoms with E-state index in [2.05, 4.69) is 240 Å². The Labute approximate surface area is 419 Å². The molecule has 0 atom stereocenters. The van der Waals surface area contributed by atoms with Crippen molar-refractivity contribution in [3.05, 3.63) is 246 Å². The van der Waals surface area contributed by atoms with Gasteiger partial charge in [-0.2, -0.15) is 0 Å². The molecule has 0 amide bonds. The van der Waals surface area contributed by atoms with Gasteiger partial charge < -0.3 is 4.90 Å². The van der Waals surface area contributed by atoms with Crippen molar-refractivity contribution in [3.8, 4) is 11.1 Å². The maximum absolute atomic E-state index is 3.97. The molecule has 1 spiro atoms. The van der Waals surface area contributed by atoms with Crippen molar-refractivity contribution in [3.63, 3.8) is 0 Å². The monoisotopic (exact) mass is 914 g/mol. The summed E-state index contributed by atoms with van der Waals surface area (Å²) in [6, 6.07) is 49.7. The van der Waals surface area contributed by atoms with E-state index in [1.807, 2.05) is 26.0 Å². The Kier molecular flexibility index (Phi) is 16.1. The highest BCUT2D eigenvalue weighted by Gasteiger charge is 2.44. The van der Waals surface area contributed by atoms with Gasteiger partial charge in [-0.05, 0) is 172 Å². The molecule has 7 aromatic carbocycles. The SMILES string of the molecule is C=C/C=C\C(=C/C)c1c(-c2ccc3cc(/C=C/c4ccc5c(c4)C4(CCCCC4)C(CC=C(/C=C\C)N(/C(C)=C/C=C\CC)c4ccccc4)=C5C)ccc3c2)c2ccccc2c2ccccc12.CC. The van der Waals surface area contributed by atoms with E-state index >= 15 is 0 Å². The van der Waals surface area contributed by atoms with E-state index in [1.54, 1.807) is 5.57 Å². The number of nitrogens with zero attached hydrogens (tertiary/aromatic N) is 1. The van der Waals surface area contributed by atoms with Crippen molar-refractivity contribution in [2.24, 2.45) is 0 Å². The second kappa shape index (κ2) is 22.9. The quantitative estimate of drug-likeness (QED) is 0.0597. The van der Waals surface area contributed by atoms with Crippen LogP contribution in [0.25, 0.3) is 66.7 Å². The van der Waals surface area contributed by atoms with Crippen LogP contribution in [-0.4, -0.2) is 0 Å². The molecule has 0 N–H and O–H groups in total. The van der Waals surface area contributed by atoms with Crippen LogP contribution in [0.3, 0.4) is 0 Å². The van der Waals surface area contributed by atoms with Crippen molar-refractivity contribution in [2.45, 2.75) is 98.8 Å². The Balaban J connectivity index is 0.00000325. The minimum Gasteiger partial charge on any atom is -0.315 e. The zero-order valence-corrected chi connectivity index (χ0v) is 42.7. The molecule has 0 aliphatic heterocycles. The summed E-state index contributed by atoms with van der Waals surface area (Å²) in [5, 5.41) is 7.52. The van der Waals surface area contributed by atoms with Crippen LogP contribution in [0.15, 0.2) is 218 Å². The van der Waals surface area contributed by atoms with Gasteiger partial charge in [-0.1, -0.05) is 222 Å². The van der Waals surface area contributed by atoms with Crippen molar-refractivity contribution in [1.29, 1.82) is 0 Å². The topological polar surface area (TPSA) is 3.24 Å². The molecule has 0 unspecified atom stereocenters. The molecule has 0 saturated heterocycles. The summed E-state index contributed by atoms with van der Waals surface area (Å²) in [5.74, 6) is 0. The molecule has 2 aliphatic carbocycles. The van der Waals surface area contributed by atoms with Crippen LogP contribution in [0.5, 0.6) is 0 Å². The van der Waals surface area contributed by atoms with Gasteiger partial charge in [-0.15, -0.1) is 0 Å². The summed E-state index contributed by atoms with van der Waals surface area (Å²) in [5.41, 5.74) is 17.1. The first-order valence-corrected chi connectivity index (χ1v) is 25.9. The maximum atomic E-state index is 3.97. The lowest BCUT2D eigenvalue weighted by Crippen LogP contribution is -2.29. The zero-order chi connectivity index (χ0) is 49.0. The van der Waals surface area contributed by atoms with Crippen LogP contribution in [-0.2, 0) is 5.41 Å². The van der Waals surface area contributed by atoms with Gasteiger partial charge in [0.05, 0.1) is 0 Å². The zero-order valence-electron chi connectivity index (χ0n) is 42.7. The number of para-hydroxylation sites is 1. The van der Waals surface area contributed by atoms with Crippen LogP contribution in [0.1, 0.15) is 121 Å². The Hall–Kier alpha value is -7.22. The Morgan fingerprint density at radius 2 is 1.33 bits per heavy atom. The fraction of sp³-hybridized carbons (Fsp3) is 0.217. The number of anilines is 1. The van der Waals surface area contributed by atoms with Crippen LogP contribution < -0.4 is 4.90 Å². The smallest absolute Gasteiger partial charge is 0.0458 e. The molecule has 0 radical (unpaired) electrons. The summed E-state index contributed by atoms with van der Waals surface area (Å²) >= 11 is 0. The van der Waals surface area contributed by atoms with E-state index in [4.69, 9.17) is 0 Å². The molecule has 352 valence electrons. The summed E-state index contributed by atoms with van der Waals surface area (Å²) in [6.07, 6.45) is 34.7. The number of benzene rings is 7. The second-order valence-electron chi connectivity index (χ2n) is 18.5. The summed E-state index contributed by atoms with van der Waals surface area (Å²) < 4.78 is 0. The molecule has 2 aliphatic rings. The summed E-state index contributed by atoms with van der Waals surface area (Å²) in [4.78, 5) is 2.41. The van der Waals surface area contributed by atoms with Crippen LogP contribution in [0.2, 0.25) is 0 Å². The van der Waals surface area contributed by atoms with Gasteiger partial charge in [0.1, 0.15) is 0 Å². The van der Waals surface area contributed by atoms with Gasteiger partial charge >= 0.3 is 0 Å². The number of rotatable bonds is 14. The van der Waals surface area contributed by atoms with Gasteiger partial charge in [-0.3, -0.25) is 0 Å². The van der Waals surface area contributed by atoms with Crippen LogP contribution >= 0.6 is 0 Å². The standard InChI is InChI=1S/C67H65N.C2H6/c1-7-11-15-25-48(5)68(57-27-16-13-17-28-57)56(24-9-3)40-42-63-49(6)58-41-36-51(46-64(58)67(63)43-22-14-23-44-67)34-33-50-35-37-54-47-55(39-38-53(54)45-50)66-62-32-21-19-30-60(62)59-29-18-20-31-61(59)65(66)52(10-4)26-12-8-2;1-2/h8-13,15-21,24-41,45-47H,2,7,14,22-23,42-44H2,1,3-6H3;1-2H3/b15-11-,24-9-,26-12-,34-33+,48-25+,52-10+,56-40?;. The fourth-order valence-electron chi connectivity index (χ4n) is 11.3. The van der Waals surface area contributed by atoms with E-state index in [0.29, 0.717) is 0 Å². The number of hydrogen-bond donors (Lipinski definition) is 0. The molecule has 70 heavy (non-hydrogen) atoms. The second-order valence-corrected chi connectivity index (χ2v) is 18.5. The molecular formula is C69H71N. The average molecular weight is 914 g/mol. The number of fused-ring (bicyclic) bond motifs is 6. The van der Waals surface area contributed by atoms with Crippen LogP contribution in [0.4, 0.5) is 5.69 Å². The highest BCUT2D eigenvalue weighted by atomic mass is 15.1. The van der Waals surface area contributed by atoms with Crippen molar-refractivity contribution in [2.75, 3.05) is 4.90 Å². The summed E-state index contributed by atoms with van der Waals surface area (Å²) in [7, 11) is 0. The lowest BCUT2D eigenvalue weighted by molar-refractivity contribution is 0.341. The van der Waals surface area contributed by atoms with E-state index in [9.17, 15) is 0 Å². The first kappa shape index (κ1) is 49.2. The largest absolute Gasteiger partial charge is 0.315 e. The molecule has 0 aromatic heterocycles. The average Bonchev–Trinajstić information content (AvgIpc) is 3.62. The minimum atomic E-state index is 0.0674. The number of hydrogen-bond acceptors (Lipinski definition) is 1. The molecule has 9 rings (SSSR count). The highest BCUT2D eigenvalue weighted by Crippen LogP contribution is 2.55. The van der Waals surface area contributed by atoms with E-state index in [0.717, 1.165) is 12.8 Å². The van der Waals surface area contributed by atoms with E-state index in [-0.39, 0.29) is 5.41 Å². The summed E-state index contributed by atoms with van der Waals surface area (Å²) in [6.45, 7) is 19.0. The van der Waals surface area contributed by atoms with Gasteiger partial charge in [0.25, 0.3) is 0 Å². The third-order valence-corrected chi connectivity index (χ3v) is 14.5. The molecule has 1 saturated carbocycles. The van der Waals surface area contributed by atoms with Crippen LogP contribution in [0, 0.1) is 0 Å². The van der Waals surface area contributed by atoms with Gasteiger partial charge in [0, 0.05) is 22.5 Å². The minimum absolute atomic E-state index is 0.0674. The maximum Gasteiger partial charge on any atom is 0.0458 e. The van der Waals surface area contributed by atoms with Gasteiger partial charge in [0.2, 0.25) is 0 Å². The molecule has 1 heteroatoms. The number of allylic oxidation sites excluding steroid dienone is 14. The predicted octanol–water partition coefficient (Wildman–Crippen LogP) is 20.4. The molecule has 1 nitrogen and oxygen atoms in total. The molecule has 7 aromatic rings. The Morgan fingerprint density at radius 3 is 2.03 bits per heavy atom. The normalized spacial score (nSPS) is 15.3. The fourth-order valence-corrected chi connectivity index (χ4v) is 11.3. The molecular weight excluding hydrogens is 843 g/mol. The van der Waals surface area contributed by atoms with Gasteiger partial charge in [-0.25, -0.2) is 0 Å². The van der Waals surface area contributed by atoms with E-state index in [1.165, 1.54) is 132 Å². The predicted molar refractivity (Wildman–Crippen MR) is 311 cm³/mol. The highest BCUT2D eigenvalue weighted by molar-refractivity contribution is 6.20. The Bertz CT molecular complexity index is 3260. The lowest BCUT2D eigenvalue weighted by atomic mass is 9.66. The first-order chi connectivity index (χ1) is 34.4. The first-order valence-electron chi connectivity index (χ1n) is 25.9. The molecule has 0 bridgehead atoms. The molecule has 1 fully saturated rings. The molecule has 0 heterocycles. The van der Waals surface area contributed by atoms with E-state index < -0.39 is 0 Å². The third kappa shape index (κ3) is 9.95. The van der Waals surface area contributed by atoms with Crippen molar-refractivity contribution in [1.82, 2.24) is 0 Å².